The smallest absolute Gasteiger partial charge is 0.229 e. The van der Waals surface area contributed by atoms with Crippen molar-refractivity contribution >= 4 is 21.9 Å². The molecule has 0 spiro atoms. The van der Waals surface area contributed by atoms with Gasteiger partial charge in [-0.3, -0.25) is 4.79 Å². The number of methoxy groups -OCH3 is 4. The van der Waals surface area contributed by atoms with Gasteiger partial charge in [0.05, 0.1) is 47.0 Å². The van der Waals surface area contributed by atoms with Crippen LogP contribution in [0.4, 0.5) is 0 Å². The number of hydrogen-bond donors (Lipinski definition) is 7. The van der Waals surface area contributed by atoms with Crippen LogP contribution in [0, 0.1) is 0 Å². The van der Waals surface area contributed by atoms with E-state index in [1.54, 1.807) is 12.1 Å². The summed E-state index contributed by atoms with van der Waals surface area (Å²) < 4.78 is 50.6. The first-order valence-corrected chi connectivity index (χ1v) is 14.1. The van der Waals surface area contributed by atoms with Crippen LogP contribution in [0.25, 0.3) is 21.9 Å². The third-order valence-electron chi connectivity index (χ3n) is 7.94. The fourth-order valence-electron chi connectivity index (χ4n) is 5.47. The van der Waals surface area contributed by atoms with Crippen molar-refractivity contribution in [3.8, 4) is 28.7 Å². The van der Waals surface area contributed by atoms with Crippen LogP contribution < -0.4 is 29.1 Å². The van der Waals surface area contributed by atoms with Crippen LogP contribution in [0.2, 0.25) is 0 Å². The molecule has 2 fully saturated rings. The summed E-state index contributed by atoms with van der Waals surface area (Å²) in [7, 11) is 5.28. The summed E-state index contributed by atoms with van der Waals surface area (Å²) in [6.45, 7) is -1.31. The molecule has 2 saturated heterocycles. The second-order valence-electron chi connectivity index (χ2n) is 10.6. The molecule has 17 heteroatoms. The third-order valence-corrected chi connectivity index (χ3v) is 7.94. The molecule has 0 saturated carbocycles. The van der Waals surface area contributed by atoms with E-state index in [2.05, 4.69) is 0 Å². The highest BCUT2D eigenvalue weighted by atomic mass is 16.7. The monoisotopic (exact) mass is 656 g/mol. The van der Waals surface area contributed by atoms with Gasteiger partial charge in [0.1, 0.15) is 54.2 Å². The number of ether oxygens (including phenoxy) is 8. The van der Waals surface area contributed by atoms with E-state index in [9.17, 15) is 40.5 Å². The maximum atomic E-state index is 14.0. The lowest BCUT2D eigenvalue weighted by Crippen LogP contribution is -2.62. The van der Waals surface area contributed by atoms with Gasteiger partial charge in [0, 0.05) is 0 Å². The van der Waals surface area contributed by atoms with Gasteiger partial charge in [-0.2, -0.15) is 0 Å². The molecule has 2 aliphatic heterocycles. The normalized spacial score (nSPS) is 31.5. The van der Waals surface area contributed by atoms with Crippen molar-refractivity contribution in [2.45, 2.75) is 61.4 Å². The van der Waals surface area contributed by atoms with Gasteiger partial charge >= 0.3 is 0 Å². The average Bonchev–Trinajstić information content (AvgIpc) is 3.06. The highest BCUT2D eigenvalue weighted by molar-refractivity contribution is 6.01. The van der Waals surface area contributed by atoms with Crippen molar-refractivity contribution in [1.82, 2.24) is 0 Å². The lowest BCUT2D eigenvalue weighted by atomic mass is 9.98. The van der Waals surface area contributed by atoms with E-state index in [0.29, 0.717) is 0 Å². The van der Waals surface area contributed by atoms with Gasteiger partial charge in [-0.25, -0.2) is 0 Å². The summed E-state index contributed by atoms with van der Waals surface area (Å²) in [5.41, 5.74) is -0.653. The number of hydrogen-bond acceptors (Lipinski definition) is 17. The molecule has 0 radical (unpaired) electrons. The summed E-state index contributed by atoms with van der Waals surface area (Å²) in [5.74, 6) is -0.320. The first kappa shape index (κ1) is 33.9. The van der Waals surface area contributed by atoms with Crippen LogP contribution in [0.3, 0.4) is 0 Å². The Kier molecular flexibility index (Phi) is 10.1. The maximum Gasteiger partial charge on any atom is 0.229 e. The molecule has 2 aliphatic rings. The molecule has 2 aromatic carbocycles. The molecule has 46 heavy (non-hydrogen) atoms. The van der Waals surface area contributed by atoms with E-state index in [1.165, 1.54) is 34.5 Å². The molecule has 10 atom stereocenters. The van der Waals surface area contributed by atoms with E-state index in [0.717, 1.165) is 0 Å². The summed E-state index contributed by atoms with van der Waals surface area (Å²) in [5, 5.41) is 72.0. The van der Waals surface area contributed by atoms with E-state index in [4.69, 9.17) is 42.3 Å². The van der Waals surface area contributed by atoms with Crippen LogP contribution in [0.5, 0.6) is 28.7 Å². The van der Waals surface area contributed by atoms with Crippen LogP contribution in [-0.4, -0.2) is 139 Å². The summed E-state index contributed by atoms with van der Waals surface area (Å²) >= 11 is 0. The second kappa shape index (κ2) is 13.7. The van der Waals surface area contributed by atoms with Crippen LogP contribution in [-0.2, 0) is 14.2 Å². The standard InChI is InChI=1S/C29H36O17/c1-38-11-7-5-6-10-15(31)14-23(45-22(10)11)25(39-2)27(41-4)26(40-3)24(14)46-29-21(37)19(35)17(33)13(44-29)9-42-28-20(36)18(34)16(32)12(8-30)43-28/h5-7,12-13,16-21,28-30,32-37H,8-9H2,1-4H3/t12-,13-,16-,17-,18+,19+,20-,21-,28-,29+/m1/s1. The van der Waals surface area contributed by atoms with Crippen molar-refractivity contribution in [2.24, 2.45) is 0 Å². The third kappa shape index (κ3) is 5.68. The van der Waals surface area contributed by atoms with Crippen LogP contribution in [0.1, 0.15) is 0 Å². The molecular formula is C29H36O17. The van der Waals surface area contributed by atoms with E-state index < -0.39 is 80.1 Å². The zero-order valence-electron chi connectivity index (χ0n) is 25.1. The summed E-state index contributed by atoms with van der Waals surface area (Å²) in [6, 6.07) is 4.66. The molecule has 0 aliphatic carbocycles. The summed E-state index contributed by atoms with van der Waals surface area (Å²) in [6.07, 6.45) is -16.7. The lowest BCUT2D eigenvalue weighted by Gasteiger charge is -2.42. The number of benzene rings is 2. The van der Waals surface area contributed by atoms with Crippen molar-refractivity contribution in [3.05, 3.63) is 28.4 Å². The van der Waals surface area contributed by atoms with Crippen LogP contribution >= 0.6 is 0 Å². The Hall–Kier alpha value is -3.49. The Morgan fingerprint density at radius 3 is 1.87 bits per heavy atom. The van der Waals surface area contributed by atoms with Crippen molar-refractivity contribution in [2.75, 3.05) is 41.7 Å². The van der Waals surface area contributed by atoms with Gasteiger partial charge < -0.3 is 78.1 Å². The predicted molar refractivity (Wildman–Crippen MR) is 153 cm³/mol. The summed E-state index contributed by atoms with van der Waals surface area (Å²) in [4.78, 5) is 14.0. The fraction of sp³-hybridized carbons (Fsp3) is 0.552. The lowest BCUT2D eigenvalue weighted by molar-refractivity contribution is -0.323. The fourth-order valence-corrected chi connectivity index (χ4v) is 5.47. The number of rotatable bonds is 10. The quantitative estimate of drug-likeness (QED) is 0.116. The topological polar surface area (TPSA) is 246 Å². The minimum atomic E-state index is -1.89. The van der Waals surface area contributed by atoms with E-state index in [1.807, 2.05) is 0 Å². The highest BCUT2D eigenvalue weighted by Gasteiger charge is 2.48. The highest BCUT2D eigenvalue weighted by Crippen LogP contribution is 2.51. The SMILES string of the molecule is COc1c(OC)c(O[C@@H]2O[C@H](CO[C@@H]3O[C@H](CO)[C@@H](O)[C@H](O)[C@H]3O)[C@@H](O)[C@H](O)[C@H]2O)c2c(=O)c3cccc(OC)c3oc2c1OC. The molecule has 5 rings (SSSR count). The van der Waals surface area contributed by atoms with E-state index in [-0.39, 0.29) is 50.7 Å². The number of aliphatic hydroxyl groups excluding tert-OH is 7. The van der Waals surface area contributed by atoms with Gasteiger partial charge in [-0.1, -0.05) is 6.07 Å². The molecule has 0 unspecified atom stereocenters. The molecular weight excluding hydrogens is 620 g/mol. The second-order valence-corrected chi connectivity index (χ2v) is 10.6. The first-order chi connectivity index (χ1) is 22.0. The molecule has 3 heterocycles. The maximum absolute atomic E-state index is 14.0. The zero-order valence-corrected chi connectivity index (χ0v) is 25.1. The van der Waals surface area contributed by atoms with Gasteiger partial charge in [-0.05, 0) is 12.1 Å². The Morgan fingerprint density at radius 2 is 1.26 bits per heavy atom. The Balaban J connectivity index is 1.54. The van der Waals surface area contributed by atoms with Gasteiger partial charge in [0.25, 0.3) is 0 Å². The molecule has 17 nitrogen and oxygen atoms in total. The van der Waals surface area contributed by atoms with Crippen molar-refractivity contribution in [1.29, 1.82) is 0 Å². The Labute approximate surface area is 260 Å². The molecule has 1 aromatic heterocycles. The average molecular weight is 657 g/mol. The molecule has 7 N–H and O–H groups in total. The molecule has 3 aromatic rings. The zero-order chi connectivity index (χ0) is 33.4. The number of fused-ring (bicyclic) bond motifs is 2. The van der Waals surface area contributed by atoms with Gasteiger partial charge in [0.2, 0.25) is 29.0 Å². The molecule has 254 valence electrons. The largest absolute Gasteiger partial charge is 0.493 e. The first-order valence-electron chi connectivity index (χ1n) is 14.1. The number of aliphatic hydroxyl groups is 7. The minimum absolute atomic E-state index is 0.0296. The van der Waals surface area contributed by atoms with Gasteiger partial charge in [-0.15, -0.1) is 0 Å². The van der Waals surface area contributed by atoms with E-state index >= 15 is 0 Å². The van der Waals surface area contributed by atoms with Crippen molar-refractivity contribution < 1.29 is 78.1 Å². The number of para-hydroxylation sites is 1. The Morgan fingerprint density at radius 1 is 0.674 bits per heavy atom. The van der Waals surface area contributed by atoms with Crippen molar-refractivity contribution in [3.63, 3.8) is 0 Å². The predicted octanol–water partition coefficient (Wildman–Crippen LogP) is -2.02. The Bertz CT molecular complexity index is 1590. The molecule has 0 bridgehead atoms. The van der Waals surface area contributed by atoms with Gasteiger partial charge in [0.15, 0.2) is 29.0 Å². The molecule has 0 amide bonds. The minimum Gasteiger partial charge on any atom is -0.493 e. The van der Waals surface area contributed by atoms with Crippen LogP contribution in [0.15, 0.2) is 27.4 Å².